The molecule has 190 valence electrons. The molecule has 1 aromatic carbocycles. The van der Waals surface area contributed by atoms with Gasteiger partial charge < -0.3 is 14.8 Å². The minimum absolute atomic E-state index is 0.305. The van der Waals surface area contributed by atoms with Gasteiger partial charge in [0, 0.05) is 60.3 Å². The minimum Gasteiger partial charge on any atom is -0.481 e. The average Bonchev–Trinajstić information content (AvgIpc) is 3.28. The molecule has 5 rings (SSSR count). The van der Waals surface area contributed by atoms with Crippen molar-refractivity contribution in [2.75, 3.05) is 23.4 Å². The van der Waals surface area contributed by atoms with Gasteiger partial charge in [-0.05, 0) is 42.8 Å². The first kappa shape index (κ1) is 26.1. The van der Waals surface area contributed by atoms with Gasteiger partial charge in [-0.1, -0.05) is 23.5 Å². The van der Waals surface area contributed by atoms with E-state index in [1.165, 1.54) is 24.1 Å². The highest BCUT2D eigenvalue weighted by Crippen LogP contribution is 2.29. The van der Waals surface area contributed by atoms with Crippen molar-refractivity contribution in [1.82, 2.24) is 29.7 Å². The molecule has 4 heterocycles. The number of hydrogen-bond acceptors (Lipinski definition) is 9. The lowest BCUT2D eigenvalue weighted by Gasteiger charge is -2.11. The van der Waals surface area contributed by atoms with Crippen LogP contribution < -0.4 is 14.8 Å². The van der Waals surface area contributed by atoms with Gasteiger partial charge in [0.15, 0.2) is 5.65 Å². The number of benzene rings is 1. The van der Waals surface area contributed by atoms with Gasteiger partial charge in [0.1, 0.15) is 5.82 Å². The summed E-state index contributed by atoms with van der Waals surface area (Å²) in [6.45, 7) is 1.89. The molecule has 0 aliphatic carbocycles. The zero-order chi connectivity index (χ0) is 26.4. The van der Waals surface area contributed by atoms with Crippen molar-refractivity contribution >= 4 is 51.9 Å². The zero-order valence-corrected chi connectivity index (χ0v) is 22.1. The normalized spacial score (nSPS) is 10.5. The molecule has 0 bridgehead atoms. The molecule has 9 nitrogen and oxygen atoms in total. The molecular weight excluding hydrogens is 515 g/mol. The van der Waals surface area contributed by atoms with Crippen LogP contribution >= 0.6 is 23.5 Å². The number of aromatic nitrogens is 6. The van der Waals surface area contributed by atoms with Crippen LogP contribution in [0.4, 0.5) is 21.7 Å². The Morgan fingerprint density at radius 2 is 1.86 bits per heavy atom. The van der Waals surface area contributed by atoms with Crippen molar-refractivity contribution in [3.63, 3.8) is 0 Å². The lowest BCUT2D eigenvalue weighted by Crippen LogP contribution is -1.99. The molecular formula is C25H24ClFN8OS. The SMILES string of the molecule is COc1ccc(Cl)cn1.CSNc1cc(F)cc(-c2cc3cnc(Nc4cnn(C)c4)nc3nc2C)c1. The van der Waals surface area contributed by atoms with E-state index in [4.69, 9.17) is 16.3 Å². The average molecular weight is 539 g/mol. The second-order valence-electron chi connectivity index (χ2n) is 7.81. The fourth-order valence-electron chi connectivity index (χ4n) is 3.42. The Hall–Kier alpha value is -3.96. The summed E-state index contributed by atoms with van der Waals surface area (Å²) in [7, 11) is 3.40. The molecule has 4 aromatic heterocycles. The molecule has 5 aromatic rings. The molecule has 0 fully saturated rings. The molecule has 0 amide bonds. The first-order valence-electron chi connectivity index (χ1n) is 11.0. The van der Waals surface area contributed by atoms with Crippen LogP contribution in [-0.2, 0) is 7.05 Å². The van der Waals surface area contributed by atoms with E-state index in [-0.39, 0.29) is 5.82 Å². The van der Waals surface area contributed by atoms with Crippen LogP contribution in [-0.4, -0.2) is 43.1 Å². The number of nitrogens with zero attached hydrogens (tertiary/aromatic N) is 6. The summed E-state index contributed by atoms with van der Waals surface area (Å²) in [5.74, 6) is 0.720. The maximum absolute atomic E-state index is 14.0. The highest BCUT2D eigenvalue weighted by Gasteiger charge is 2.11. The molecule has 0 spiro atoms. The van der Waals surface area contributed by atoms with Crippen LogP contribution in [0.3, 0.4) is 0 Å². The Morgan fingerprint density at radius 3 is 2.54 bits per heavy atom. The second-order valence-corrected chi connectivity index (χ2v) is 8.86. The number of pyridine rings is 2. The highest BCUT2D eigenvalue weighted by molar-refractivity contribution is 7.99. The summed E-state index contributed by atoms with van der Waals surface area (Å²) in [6, 6.07) is 10.2. The Bertz CT molecular complexity index is 1510. The van der Waals surface area contributed by atoms with Crippen molar-refractivity contribution in [1.29, 1.82) is 0 Å². The van der Waals surface area contributed by atoms with Crippen LogP contribution in [0.15, 0.2) is 61.2 Å². The van der Waals surface area contributed by atoms with Gasteiger partial charge in [0.2, 0.25) is 11.8 Å². The molecule has 0 aliphatic heterocycles. The first-order chi connectivity index (χ1) is 17.8. The lowest BCUT2D eigenvalue weighted by molar-refractivity contribution is 0.398. The number of fused-ring (bicyclic) bond motifs is 1. The third-order valence-electron chi connectivity index (χ3n) is 5.06. The van der Waals surface area contributed by atoms with Crippen molar-refractivity contribution in [3.8, 4) is 17.0 Å². The van der Waals surface area contributed by atoms with Crippen LogP contribution in [0.1, 0.15) is 5.69 Å². The number of methoxy groups -OCH3 is 1. The third-order valence-corrected chi connectivity index (χ3v) is 5.72. The maximum Gasteiger partial charge on any atom is 0.229 e. The maximum atomic E-state index is 14.0. The second kappa shape index (κ2) is 11.8. The van der Waals surface area contributed by atoms with Gasteiger partial charge in [-0.25, -0.2) is 19.3 Å². The Morgan fingerprint density at radius 1 is 1.03 bits per heavy atom. The summed E-state index contributed by atoms with van der Waals surface area (Å²) >= 11 is 6.96. The molecule has 0 radical (unpaired) electrons. The molecule has 2 N–H and O–H groups in total. The monoisotopic (exact) mass is 538 g/mol. The summed E-state index contributed by atoms with van der Waals surface area (Å²) in [5.41, 5.74) is 4.42. The van der Waals surface area contributed by atoms with Crippen LogP contribution in [0.2, 0.25) is 5.02 Å². The number of aryl methyl sites for hydroxylation is 2. The van der Waals surface area contributed by atoms with Gasteiger partial charge in [-0.2, -0.15) is 10.1 Å². The van der Waals surface area contributed by atoms with E-state index in [0.717, 1.165) is 27.9 Å². The fraction of sp³-hybridized carbons (Fsp3) is 0.160. The number of anilines is 3. The summed E-state index contributed by atoms with van der Waals surface area (Å²) < 4.78 is 23.6. The number of rotatable bonds is 6. The van der Waals surface area contributed by atoms with E-state index in [0.29, 0.717) is 28.2 Å². The topological polar surface area (TPSA) is 103 Å². The van der Waals surface area contributed by atoms with Gasteiger partial charge in [0.25, 0.3) is 0 Å². The fourth-order valence-corrected chi connectivity index (χ4v) is 3.89. The number of halogens is 2. The van der Waals surface area contributed by atoms with Gasteiger partial charge in [-0.15, -0.1) is 0 Å². The van der Waals surface area contributed by atoms with Crippen LogP contribution in [0, 0.1) is 12.7 Å². The lowest BCUT2D eigenvalue weighted by atomic mass is 10.0. The van der Waals surface area contributed by atoms with E-state index >= 15 is 0 Å². The van der Waals surface area contributed by atoms with Gasteiger partial charge in [-0.3, -0.25) is 4.68 Å². The Kier molecular flexibility index (Phi) is 8.36. The third kappa shape index (κ3) is 6.83. The Balaban J connectivity index is 0.000000301. The van der Waals surface area contributed by atoms with Gasteiger partial charge in [0.05, 0.1) is 24.0 Å². The van der Waals surface area contributed by atoms with E-state index in [9.17, 15) is 4.39 Å². The summed E-state index contributed by atoms with van der Waals surface area (Å²) in [5, 5.41) is 8.61. The molecule has 0 saturated carbocycles. The summed E-state index contributed by atoms with van der Waals surface area (Å²) in [6.07, 6.45) is 8.67. The first-order valence-corrected chi connectivity index (χ1v) is 12.6. The predicted molar refractivity (Wildman–Crippen MR) is 147 cm³/mol. The summed E-state index contributed by atoms with van der Waals surface area (Å²) in [4.78, 5) is 17.3. The molecule has 0 unspecified atom stereocenters. The van der Waals surface area contributed by atoms with E-state index < -0.39 is 0 Å². The number of ether oxygens (including phenoxy) is 1. The van der Waals surface area contributed by atoms with E-state index in [1.807, 2.05) is 38.6 Å². The van der Waals surface area contributed by atoms with Crippen molar-refractivity contribution in [2.24, 2.45) is 7.05 Å². The largest absolute Gasteiger partial charge is 0.481 e. The highest BCUT2D eigenvalue weighted by atomic mass is 35.5. The molecule has 0 atom stereocenters. The predicted octanol–water partition coefficient (Wildman–Crippen LogP) is 6.05. The van der Waals surface area contributed by atoms with Crippen molar-refractivity contribution in [3.05, 3.63) is 77.7 Å². The smallest absolute Gasteiger partial charge is 0.229 e. The molecule has 0 saturated heterocycles. The molecule has 37 heavy (non-hydrogen) atoms. The quantitative estimate of drug-likeness (QED) is 0.250. The number of nitrogens with one attached hydrogen (secondary N) is 2. The van der Waals surface area contributed by atoms with E-state index in [1.54, 1.807) is 42.5 Å². The van der Waals surface area contributed by atoms with Crippen LogP contribution in [0.5, 0.6) is 5.88 Å². The minimum atomic E-state index is -0.305. The standard InChI is InChI=1S/C19H18FN7S.C6H6ClNO/c1-11-17(12-4-14(20)7-15(5-12)26-28-3)6-13-8-21-19(25-18(13)23-11)24-16-9-22-27(2)10-16;1-9-6-3-2-5(7)4-8-6/h4-10,26H,1-3H3,(H,21,23,24,25);2-4H,1H3. The molecule has 0 aliphatic rings. The van der Waals surface area contributed by atoms with Crippen molar-refractivity contribution in [2.45, 2.75) is 6.92 Å². The van der Waals surface area contributed by atoms with Crippen LogP contribution in [0.25, 0.3) is 22.2 Å². The van der Waals surface area contributed by atoms with E-state index in [2.05, 4.69) is 35.1 Å². The zero-order valence-electron chi connectivity index (χ0n) is 20.5. The Labute approximate surface area is 222 Å². The van der Waals surface area contributed by atoms with Gasteiger partial charge >= 0.3 is 0 Å². The molecule has 12 heteroatoms. The van der Waals surface area contributed by atoms with Crippen molar-refractivity contribution < 1.29 is 9.13 Å². The number of hydrogen-bond donors (Lipinski definition) is 2.